The summed E-state index contributed by atoms with van der Waals surface area (Å²) in [6.45, 7) is 1.87. The number of anilines is 1. The maximum absolute atomic E-state index is 12.2. The highest BCUT2D eigenvalue weighted by Crippen LogP contribution is 2.30. The Hall–Kier alpha value is -1.03. The monoisotopic (exact) mass is 357 g/mol. The molecule has 0 bridgehead atoms. The van der Waals surface area contributed by atoms with Crippen molar-refractivity contribution in [3.63, 3.8) is 0 Å². The lowest BCUT2D eigenvalue weighted by atomic mass is 10.1. The molecule has 0 saturated carbocycles. The van der Waals surface area contributed by atoms with Crippen LogP contribution >= 0.6 is 39.1 Å². The maximum atomic E-state index is 12.2. The van der Waals surface area contributed by atoms with Crippen LogP contribution in [-0.4, -0.2) is 5.91 Å². The Balaban J connectivity index is 2.34. The number of benzene rings is 2. The van der Waals surface area contributed by atoms with Gasteiger partial charge in [-0.1, -0.05) is 51.3 Å². The van der Waals surface area contributed by atoms with Gasteiger partial charge in [0, 0.05) is 10.0 Å². The molecule has 0 aliphatic heterocycles. The Bertz CT molecular complexity index is 623. The summed E-state index contributed by atoms with van der Waals surface area (Å²) in [6, 6.07) is 10.5. The van der Waals surface area contributed by atoms with Crippen LogP contribution in [0.1, 0.15) is 15.9 Å². The van der Waals surface area contributed by atoms with Crippen molar-refractivity contribution in [2.24, 2.45) is 0 Å². The van der Waals surface area contributed by atoms with Crippen LogP contribution in [0.5, 0.6) is 0 Å². The van der Waals surface area contributed by atoms with Crippen molar-refractivity contribution < 1.29 is 4.79 Å². The summed E-state index contributed by atoms with van der Waals surface area (Å²) in [4.78, 5) is 12.2. The Morgan fingerprint density at radius 2 is 1.68 bits per heavy atom. The number of rotatable bonds is 2. The second-order valence-electron chi connectivity index (χ2n) is 3.96. The fourth-order valence-electron chi connectivity index (χ4n) is 1.65. The fourth-order valence-corrected chi connectivity index (χ4v) is 2.51. The molecule has 0 spiro atoms. The third-order valence-electron chi connectivity index (χ3n) is 2.71. The van der Waals surface area contributed by atoms with E-state index in [-0.39, 0.29) is 5.91 Å². The number of carbonyl (C=O) groups excluding carboxylic acids is 1. The van der Waals surface area contributed by atoms with Crippen molar-refractivity contribution in [2.75, 3.05) is 5.32 Å². The van der Waals surface area contributed by atoms with Gasteiger partial charge < -0.3 is 5.32 Å². The van der Waals surface area contributed by atoms with Gasteiger partial charge in [-0.25, -0.2) is 0 Å². The van der Waals surface area contributed by atoms with E-state index in [0.717, 1.165) is 10.0 Å². The number of hydrogen-bond acceptors (Lipinski definition) is 1. The molecule has 2 aromatic carbocycles. The standard InChI is InChI=1S/C14H10BrCl2NO/c1-8-9(4-2-5-10(8)15)14(19)18-13-11(16)6-3-7-12(13)17/h2-7H,1H3,(H,18,19). The highest BCUT2D eigenvalue weighted by molar-refractivity contribution is 9.10. The van der Waals surface area contributed by atoms with E-state index in [4.69, 9.17) is 23.2 Å². The van der Waals surface area contributed by atoms with E-state index >= 15 is 0 Å². The Morgan fingerprint density at radius 3 is 2.32 bits per heavy atom. The minimum absolute atomic E-state index is 0.242. The van der Waals surface area contributed by atoms with Crippen LogP contribution in [-0.2, 0) is 0 Å². The molecule has 1 amide bonds. The zero-order chi connectivity index (χ0) is 14.0. The van der Waals surface area contributed by atoms with Gasteiger partial charge in [-0.15, -0.1) is 0 Å². The van der Waals surface area contributed by atoms with Gasteiger partial charge in [0.1, 0.15) is 0 Å². The van der Waals surface area contributed by atoms with Crippen molar-refractivity contribution in [3.8, 4) is 0 Å². The van der Waals surface area contributed by atoms with Crippen molar-refractivity contribution in [1.29, 1.82) is 0 Å². The smallest absolute Gasteiger partial charge is 0.256 e. The van der Waals surface area contributed by atoms with E-state index < -0.39 is 0 Å². The topological polar surface area (TPSA) is 29.1 Å². The number of amides is 1. The minimum atomic E-state index is -0.242. The molecule has 5 heteroatoms. The van der Waals surface area contributed by atoms with Gasteiger partial charge >= 0.3 is 0 Å². The number of halogens is 3. The minimum Gasteiger partial charge on any atom is -0.319 e. The van der Waals surface area contributed by atoms with Crippen molar-refractivity contribution >= 4 is 50.7 Å². The Labute approximate surface area is 129 Å². The first-order chi connectivity index (χ1) is 9.00. The second kappa shape index (κ2) is 5.95. The summed E-state index contributed by atoms with van der Waals surface area (Å²) in [5, 5.41) is 3.56. The molecule has 0 unspecified atom stereocenters. The predicted molar refractivity (Wildman–Crippen MR) is 83.3 cm³/mol. The molecule has 0 saturated heterocycles. The largest absolute Gasteiger partial charge is 0.319 e. The highest BCUT2D eigenvalue weighted by Gasteiger charge is 2.14. The molecule has 2 nitrogen and oxygen atoms in total. The molecule has 0 aliphatic carbocycles. The molecule has 0 atom stereocenters. The third kappa shape index (κ3) is 3.11. The summed E-state index contributed by atoms with van der Waals surface area (Å²) in [5.74, 6) is -0.242. The first-order valence-corrected chi connectivity index (χ1v) is 7.06. The molecule has 0 aliphatic rings. The third-order valence-corrected chi connectivity index (χ3v) is 4.20. The number of para-hydroxylation sites is 1. The summed E-state index contributed by atoms with van der Waals surface area (Å²) >= 11 is 15.4. The summed E-state index contributed by atoms with van der Waals surface area (Å²) < 4.78 is 0.880. The molecule has 0 aromatic heterocycles. The van der Waals surface area contributed by atoms with Gasteiger partial charge in [-0.3, -0.25) is 4.79 Å². The zero-order valence-electron chi connectivity index (χ0n) is 10.0. The number of nitrogens with one attached hydrogen (secondary N) is 1. The summed E-state index contributed by atoms with van der Waals surface area (Å²) in [5.41, 5.74) is 1.86. The molecule has 19 heavy (non-hydrogen) atoms. The first-order valence-electron chi connectivity index (χ1n) is 5.51. The summed E-state index contributed by atoms with van der Waals surface area (Å²) in [6.07, 6.45) is 0. The molecule has 2 aromatic rings. The fraction of sp³-hybridized carbons (Fsp3) is 0.0714. The first kappa shape index (κ1) is 14.4. The van der Waals surface area contributed by atoms with Crippen LogP contribution in [0.3, 0.4) is 0 Å². The summed E-state index contributed by atoms with van der Waals surface area (Å²) in [7, 11) is 0. The van der Waals surface area contributed by atoms with E-state index in [2.05, 4.69) is 21.2 Å². The Morgan fingerprint density at radius 1 is 1.11 bits per heavy atom. The number of hydrogen-bond donors (Lipinski definition) is 1. The van der Waals surface area contributed by atoms with E-state index in [1.165, 1.54) is 0 Å². The van der Waals surface area contributed by atoms with Crippen molar-refractivity contribution in [1.82, 2.24) is 0 Å². The molecule has 1 N–H and O–H groups in total. The van der Waals surface area contributed by atoms with Crippen molar-refractivity contribution in [2.45, 2.75) is 6.92 Å². The van der Waals surface area contributed by atoms with E-state index in [1.807, 2.05) is 13.0 Å². The van der Waals surface area contributed by atoms with Crippen LogP contribution in [0.2, 0.25) is 10.0 Å². The quantitative estimate of drug-likeness (QED) is 0.773. The average molecular weight is 359 g/mol. The van der Waals surface area contributed by atoms with Gasteiger partial charge in [0.2, 0.25) is 0 Å². The van der Waals surface area contributed by atoms with E-state index in [9.17, 15) is 4.79 Å². The van der Waals surface area contributed by atoms with Crippen LogP contribution in [0.25, 0.3) is 0 Å². The zero-order valence-corrected chi connectivity index (χ0v) is 13.1. The molecular weight excluding hydrogens is 349 g/mol. The van der Waals surface area contributed by atoms with Gasteiger partial charge in [0.15, 0.2) is 0 Å². The van der Waals surface area contributed by atoms with Crippen LogP contribution in [0.4, 0.5) is 5.69 Å². The predicted octanol–water partition coefficient (Wildman–Crippen LogP) is 5.32. The van der Waals surface area contributed by atoms with E-state index in [0.29, 0.717) is 21.3 Å². The van der Waals surface area contributed by atoms with Crippen molar-refractivity contribution in [3.05, 3.63) is 62.0 Å². The van der Waals surface area contributed by atoms with Gasteiger partial charge in [-0.05, 0) is 36.8 Å². The van der Waals surface area contributed by atoms with E-state index in [1.54, 1.807) is 30.3 Å². The van der Waals surface area contributed by atoms with Gasteiger partial charge in [0.25, 0.3) is 5.91 Å². The second-order valence-corrected chi connectivity index (χ2v) is 5.63. The molecule has 0 heterocycles. The lowest BCUT2D eigenvalue weighted by Gasteiger charge is -2.11. The Kier molecular flexibility index (Phi) is 4.50. The van der Waals surface area contributed by atoms with Gasteiger partial charge in [0.05, 0.1) is 15.7 Å². The van der Waals surface area contributed by atoms with Gasteiger partial charge in [-0.2, -0.15) is 0 Å². The molecule has 0 radical (unpaired) electrons. The molecule has 0 fully saturated rings. The number of carbonyl (C=O) groups is 1. The average Bonchev–Trinajstić information content (AvgIpc) is 2.37. The highest BCUT2D eigenvalue weighted by atomic mass is 79.9. The SMILES string of the molecule is Cc1c(Br)cccc1C(=O)Nc1c(Cl)cccc1Cl. The van der Waals surface area contributed by atoms with Crippen LogP contribution < -0.4 is 5.32 Å². The maximum Gasteiger partial charge on any atom is 0.256 e. The lowest BCUT2D eigenvalue weighted by Crippen LogP contribution is -2.14. The molecule has 98 valence electrons. The van der Waals surface area contributed by atoms with Crippen LogP contribution in [0.15, 0.2) is 40.9 Å². The normalized spacial score (nSPS) is 10.3. The van der Waals surface area contributed by atoms with Crippen LogP contribution in [0, 0.1) is 6.92 Å². The molecule has 2 rings (SSSR count). The molecular formula is C14H10BrCl2NO. The lowest BCUT2D eigenvalue weighted by molar-refractivity contribution is 0.102.